The number of nitrogens with zero attached hydrogens (tertiary/aromatic N) is 3. The quantitative estimate of drug-likeness (QED) is 0.487. The number of ether oxygens (including phenoxy) is 1. The van der Waals surface area contributed by atoms with Gasteiger partial charge in [0, 0.05) is 20.1 Å². The van der Waals surface area contributed by atoms with Crippen LogP contribution >= 0.6 is 22.7 Å². The van der Waals surface area contributed by atoms with Gasteiger partial charge >= 0.3 is 0 Å². The van der Waals surface area contributed by atoms with Crippen LogP contribution < -0.4 is 0 Å². The summed E-state index contributed by atoms with van der Waals surface area (Å²) in [5.74, 6) is -0.373. The second kappa shape index (κ2) is 10.2. The molecule has 2 aromatic heterocycles. The van der Waals surface area contributed by atoms with Gasteiger partial charge in [-0.3, -0.25) is 9.59 Å². The molecule has 1 aliphatic rings. The van der Waals surface area contributed by atoms with Crippen LogP contribution in [-0.2, 0) is 9.53 Å². The molecule has 0 radical (unpaired) electrons. The zero-order valence-corrected chi connectivity index (χ0v) is 19.7. The maximum atomic E-state index is 13.4. The first-order valence-corrected chi connectivity index (χ1v) is 12.1. The van der Waals surface area contributed by atoms with Crippen molar-refractivity contribution in [2.45, 2.75) is 19.4 Å². The highest BCUT2D eigenvalue weighted by molar-refractivity contribution is 7.12. The van der Waals surface area contributed by atoms with Crippen molar-refractivity contribution in [3.63, 3.8) is 0 Å². The van der Waals surface area contributed by atoms with Gasteiger partial charge in [0.05, 0.1) is 28.1 Å². The minimum Gasteiger partial charge on any atom is -0.383 e. The van der Waals surface area contributed by atoms with Crippen molar-refractivity contribution in [3.8, 4) is 0 Å². The average Bonchev–Trinajstić information content (AvgIpc) is 3.57. The smallest absolute Gasteiger partial charge is 0.264 e. The number of hydrogen-bond donors (Lipinski definition) is 0. The molecular weight excluding hydrogens is 442 g/mol. The van der Waals surface area contributed by atoms with E-state index in [1.807, 2.05) is 60.1 Å². The Morgan fingerprint density at radius 3 is 2.53 bits per heavy atom. The number of hydrazone groups is 1. The van der Waals surface area contributed by atoms with Crippen molar-refractivity contribution < 1.29 is 14.3 Å². The molecule has 6 nitrogen and oxygen atoms in total. The van der Waals surface area contributed by atoms with Crippen LogP contribution in [0.4, 0.5) is 0 Å². The number of amides is 2. The van der Waals surface area contributed by atoms with Gasteiger partial charge in [0.2, 0.25) is 0 Å². The Hall–Kier alpha value is -2.81. The molecule has 0 bridgehead atoms. The van der Waals surface area contributed by atoms with Gasteiger partial charge in [0.1, 0.15) is 6.54 Å². The molecule has 0 N–H and O–H groups in total. The third kappa shape index (κ3) is 4.98. The van der Waals surface area contributed by atoms with Crippen LogP contribution in [0.15, 0.2) is 64.4 Å². The molecule has 0 spiro atoms. The molecule has 32 heavy (non-hydrogen) atoms. The lowest BCUT2D eigenvalue weighted by molar-refractivity contribution is -0.133. The Bertz CT molecular complexity index is 1080. The summed E-state index contributed by atoms with van der Waals surface area (Å²) in [5.41, 5.74) is 3.09. The number of carbonyl (C=O) groups is 2. The van der Waals surface area contributed by atoms with Crippen molar-refractivity contribution >= 4 is 40.2 Å². The second-order valence-corrected chi connectivity index (χ2v) is 9.49. The standard InChI is InChI=1S/C24H25N3O3S2/c1-17-7-9-18(10-8-17)20-15-19(21-5-3-13-31-21)25-27(20)23(28)16-26(11-12-30-2)24(29)22-6-4-14-32-22/h3-10,13-14,20H,11-12,15-16H2,1-2H3. The molecule has 0 saturated heterocycles. The first-order chi connectivity index (χ1) is 15.6. The summed E-state index contributed by atoms with van der Waals surface area (Å²) >= 11 is 2.98. The maximum Gasteiger partial charge on any atom is 0.264 e. The lowest BCUT2D eigenvalue weighted by Crippen LogP contribution is -2.42. The fraction of sp³-hybridized carbons (Fsp3) is 0.292. The van der Waals surface area contributed by atoms with Crippen molar-refractivity contribution in [1.29, 1.82) is 0 Å². The Morgan fingerprint density at radius 2 is 1.88 bits per heavy atom. The summed E-state index contributed by atoms with van der Waals surface area (Å²) in [6, 6.07) is 15.6. The van der Waals surface area contributed by atoms with Gasteiger partial charge < -0.3 is 9.64 Å². The zero-order chi connectivity index (χ0) is 22.5. The van der Waals surface area contributed by atoms with Gasteiger partial charge in [-0.05, 0) is 35.4 Å². The number of aryl methyl sites for hydroxylation is 1. The summed E-state index contributed by atoms with van der Waals surface area (Å²) in [7, 11) is 1.58. The summed E-state index contributed by atoms with van der Waals surface area (Å²) in [5, 5.41) is 10.1. The van der Waals surface area contributed by atoms with Crippen LogP contribution in [0.3, 0.4) is 0 Å². The third-order valence-corrected chi connectivity index (χ3v) is 7.12. The van der Waals surface area contributed by atoms with E-state index in [1.54, 1.807) is 34.4 Å². The van der Waals surface area contributed by atoms with E-state index >= 15 is 0 Å². The molecule has 0 saturated carbocycles. The highest BCUT2D eigenvalue weighted by Crippen LogP contribution is 2.34. The van der Waals surface area contributed by atoms with E-state index in [1.165, 1.54) is 11.3 Å². The van der Waals surface area contributed by atoms with Gasteiger partial charge in [-0.2, -0.15) is 5.10 Å². The Morgan fingerprint density at radius 1 is 1.12 bits per heavy atom. The van der Waals surface area contributed by atoms with Crippen molar-refractivity contribution in [1.82, 2.24) is 9.91 Å². The van der Waals surface area contributed by atoms with E-state index < -0.39 is 0 Å². The predicted octanol–water partition coefficient (Wildman–Crippen LogP) is 4.58. The molecule has 2 amide bonds. The van der Waals surface area contributed by atoms with Crippen LogP contribution in [0, 0.1) is 6.92 Å². The molecule has 1 unspecified atom stereocenters. The van der Waals surface area contributed by atoms with Crippen LogP contribution in [0.2, 0.25) is 0 Å². The predicted molar refractivity (Wildman–Crippen MR) is 128 cm³/mol. The largest absolute Gasteiger partial charge is 0.383 e. The van der Waals surface area contributed by atoms with Crippen LogP contribution in [0.25, 0.3) is 0 Å². The highest BCUT2D eigenvalue weighted by Gasteiger charge is 2.34. The molecule has 1 aromatic carbocycles. The average molecular weight is 468 g/mol. The molecule has 8 heteroatoms. The maximum absolute atomic E-state index is 13.4. The Kier molecular flexibility index (Phi) is 7.14. The first-order valence-electron chi connectivity index (χ1n) is 10.4. The van der Waals surface area contributed by atoms with Crippen LogP contribution in [-0.4, -0.2) is 54.2 Å². The molecule has 1 aliphatic heterocycles. The molecule has 4 rings (SSSR count). The fourth-order valence-electron chi connectivity index (χ4n) is 3.63. The Labute approximate surface area is 195 Å². The van der Waals surface area contributed by atoms with Gasteiger partial charge in [-0.1, -0.05) is 42.0 Å². The van der Waals surface area contributed by atoms with Crippen molar-refractivity contribution in [3.05, 3.63) is 80.2 Å². The molecule has 0 aliphatic carbocycles. The lowest BCUT2D eigenvalue weighted by atomic mass is 10.00. The van der Waals surface area contributed by atoms with Gasteiger partial charge in [-0.15, -0.1) is 22.7 Å². The van der Waals surface area contributed by atoms with E-state index in [4.69, 9.17) is 9.84 Å². The van der Waals surface area contributed by atoms with E-state index in [-0.39, 0.29) is 24.4 Å². The third-order valence-electron chi connectivity index (χ3n) is 5.34. The van der Waals surface area contributed by atoms with Crippen LogP contribution in [0.1, 0.15) is 38.1 Å². The van der Waals surface area contributed by atoms with Gasteiger partial charge in [0.25, 0.3) is 11.8 Å². The topological polar surface area (TPSA) is 62.2 Å². The molecule has 3 aromatic rings. The number of benzene rings is 1. The van der Waals surface area contributed by atoms with Gasteiger partial charge in [-0.25, -0.2) is 5.01 Å². The zero-order valence-electron chi connectivity index (χ0n) is 18.1. The molecule has 166 valence electrons. The highest BCUT2D eigenvalue weighted by atomic mass is 32.1. The number of hydrogen-bond acceptors (Lipinski definition) is 6. The van der Waals surface area contributed by atoms with E-state index in [0.29, 0.717) is 24.4 Å². The number of methoxy groups -OCH3 is 1. The van der Waals surface area contributed by atoms with Crippen LogP contribution in [0.5, 0.6) is 0 Å². The minimum atomic E-state index is -0.205. The molecule has 3 heterocycles. The molecule has 0 fully saturated rings. The Balaban J connectivity index is 1.59. The molecule has 1 atom stereocenters. The fourth-order valence-corrected chi connectivity index (χ4v) is 5.04. The minimum absolute atomic E-state index is 0.0519. The normalized spacial score (nSPS) is 15.6. The summed E-state index contributed by atoms with van der Waals surface area (Å²) in [6.07, 6.45) is 0.645. The van der Waals surface area contributed by atoms with E-state index in [2.05, 4.69) is 0 Å². The summed E-state index contributed by atoms with van der Waals surface area (Å²) in [4.78, 5) is 29.6. The first kappa shape index (κ1) is 22.4. The van der Waals surface area contributed by atoms with Crippen molar-refractivity contribution in [2.24, 2.45) is 5.10 Å². The summed E-state index contributed by atoms with van der Waals surface area (Å²) < 4.78 is 5.17. The summed E-state index contributed by atoms with van der Waals surface area (Å²) in [6.45, 7) is 2.68. The van der Waals surface area contributed by atoms with Crippen molar-refractivity contribution in [2.75, 3.05) is 26.8 Å². The van der Waals surface area contributed by atoms with Gasteiger partial charge in [0.15, 0.2) is 0 Å². The number of thiophene rings is 2. The molecular formula is C24H25N3O3S2. The number of rotatable bonds is 8. The number of carbonyl (C=O) groups excluding carboxylic acids is 2. The van der Waals surface area contributed by atoms with E-state index in [9.17, 15) is 9.59 Å². The second-order valence-electron chi connectivity index (χ2n) is 7.59. The lowest BCUT2D eigenvalue weighted by Gasteiger charge is -2.26. The SMILES string of the molecule is COCCN(CC(=O)N1N=C(c2cccs2)CC1c1ccc(C)cc1)C(=O)c1cccs1. The van der Waals surface area contributed by atoms with E-state index in [0.717, 1.165) is 21.7 Å². The monoisotopic (exact) mass is 467 g/mol.